The van der Waals surface area contributed by atoms with E-state index >= 15 is 0 Å². The lowest BCUT2D eigenvalue weighted by atomic mass is 9.68. The Bertz CT molecular complexity index is 451. The molecule has 2 rings (SSSR count). The van der Waals surface area contributed by atoms with Gasteiger partial charge in [0, 0.05) is 24.2 Å². The number of rotatable bonds is 6. The van der Waals surface area contributed by atoms with E-state index in [4.69, 9.17) is 11.6 Å². The molecule has 0 spiro atoms. The Morgan fingerprint density at radius 2 is 2.04 bits per heavy atom. The fourth-order valence-electron chi connectivity index (χ4n) is 4.28. The highest BCUT2D eigenvalue weighted by Gasteiger charge is 2.38. The molecule has 1 N–H and O–H groups in total. The summed E-state index contributed by atoms with van der Waals surface area (Å²) >= 11 is 6.13. The molecule has 0 aromatic rings. The number of allylic oxidation sites excluding steroid dienone is 4. The maximum Gasteiger partial charge on any atom is 0.0217 e. The second-order valence-corrected chi connectivity index (χ2v) is 8.81. The first-order valence-electron chi connectivity index (χ1n) is 9.34. The quantitative estimate of drug-likeness (QED) is 0.747. The summed E-state index contributed by atoms with van der Waals surface area (Å²) in [5.74, 6) is 1.39. The fourth-order valence-corrected chi connectivity index (χ4v) is 4.44. The lowest BCUT2D eigenvalue weighted by Gasteiger charge is -2.47. The van der Waals surface area contributed by atoms with Gasteiger partial charge < -0.3 is 10.2 Å². The Labute approximate surface area is 148 Å². The predicted octanol–water partition coefficient (Wildman–Crippen LogP) is 4.81. The van der Waals surface area contributed by atoms with Crippen molar-refractivity contribution < 1.29 is 0 Å². The molecule has 0 aromatic heterocycles. The van der Waals surface area contributed by atoms with Gasteiger partial charge in [-0.1, -0.05) is 57.9 Å². The minimum absolute atomic E-state index is 0.343. The zero-order chi connectivity index (χ0) is 17.0. The molecule has 1 fully saturated rings. The van der Waals surface area contributed by atoms with Gasteiger partial charge in [-0.3, -0.25) is 0 Å². The van der Waals surface area contributed by atoms with Crippen LogP contribution in [0.25, 0.3) is 0 Å². The largest absolute Gasteiger partial charge is 0.313 e. The first kappa shape index (κ1) is 19.0. The highest BCUT2D eigenvalue weighted by molar-refractivity contribution is 6.29. The topological polar surface area (TPSA) is 15.3 Å². The molecule has 1 saturated heterocycles. The van der Waals surface area contributed by atoms with Crippen molar-refractivity contribution in [3.63, 3.8) is 0 Å². The molecule has 0 aromatic carbocycles. The fraction of sp³-hybridized carbons (Fsp3) is 0.800. The van der Waals surface area contributed by atoms with Crippen LogP contribution >= 0.6 is 11.6 Å². The van der Waals surface area contributed by atoms with E-state index in [2.05, 4.69) is 57.0 Å². The van der Waals surface area contributed by atoms with E-state index in [1.54, 1.807) is 5.57 Å². The minimum Gasteiger partial charge on any atom is -0.313 e. The number of likely N-dealkylation sites (N-methyl/N-ethyl adjacent to an activating group) is 1. The van der Waals surface area contributed by atoms with Gasteiger partial charge in [-0.15, -0.1) is 0 Å². The number of nitrogens with one attached hydrogen (secondary N) is 1. The van der Waals surface area contributed by atoms with Crippen molar-refractivity contribution in [2.75, 3.05) is 26.2 Å². The molecule has 1 aliphatic heterocycles. The molecule has 0 bridgehead atoms. The average molecular weight is 339 g/mol. The summed E-state index contributed by atoms with van der Waals surface area (Å²) in [6.45, 7) is 16.4. The van der Waals surface area contributed by atoms with E-state index in [1.807, 2.05) is 0 Å². The number of likely N-dealkylation sites (tertiary alicyclic amines) is 1. The van der Waals surface area contributed by atoms with E-state index in [1.165, 1.54) is 26.1 Å². The molecular formula is C20H35ClN2. The van der Waals surface area contributed by atoms with Crippen molar-refractivity contribution >= 4 is 11.6 Å². The molecule has 2 atom stereocenters. The zero-order valence-corrected chi connectivity index (χ0v) is 16.4. The van der Waals surface area contributed by atoms with Crippen LogP contribution in [0.3, 0.4) is 0 Å². The second kappa shape index (κ2) is 8.18. The van der Waals surface area contributed by atoms with Crippen LogP contribution in [0.4, 0.5) is 0 Å². The lowest BCUT2D eigenvalue weighted by molar-refractivity contribution is 0.0607. The molecule has 132 valence electrons. The molecule has 0 amide bonds. The molecule has 2 nitrogen and oxygen atoms in total. The highest BCUT2D eigenvalue weighted by atomic mass is 35.5. The maximum atomic E-state index is 6.13. The van der Waals surface area contributed by atoms with Crippen LogP contribution < -0.4 is 5.32 Å². The second-order valence-electron chi connectivity index (χ2n) is 8.33. The summed E-state index contributed by atoms with van der Waals surface area (Å²) in [4.78, 5) is 2.68. The van der Waals surface area contributed by atoms with E-state index in [0.29, 0.717) is 23.3 Å². The maximum absolute atomic E-state index is 6.13. The first-order valence-corrected chi connectivity index (χ1v) is 9.72. The van der Waals surface area contributed by atoms with Crippen LogP contribution in [0.2, 0.25) is 0 Å². The van der Waals surface area contributed by atoms with Gasteiger partial charge in [-0.2, -0.15) is 0 Å². The Hall–Kier alpha value is -0.310. The van der Waals surface area contributed by atoms with Gasteiger partial charge in [0.1, 0.15) is 0 Å². The van der Waals surface area contributed by atoms with E-state index in [9.17, 15) is 0 Å². The van der Waals surface area contributed by atoms with Crippen molar-refractivity contribution in [1.29, 1.82) is 0 Å². The molecule has 1 unspecified atom stereocenters. The Balaban J connectivity index is 1.99. The van der Waals surface area contributed by atoms with Crippen LogP contribution in [-0.2, 0) is 0 Å². The molecule has 23 heavy (non-hydrogen) atoms. The number of hydrogen-bond donors (Lipinski definition) is 1. The Morgan fingerprint density at radius 3 is 2.57 bits per heavy atom. The lowest BCUT2D eigenvalue weighted by Crippen LogP contribution is -2.52. The highest BCUT2D eigenvalue weighted by Crippen LogP contribution is 2.42. The number of piperidine rings is 1. The normalized spacial score (nSPS) is 26.8. The third-order valence-electron chi connectivity index (χ3n) is 5.61. The van der Waals surface area contributed by atoms with Crippen LogP contribution in [0.15, 0.2) is 22.8 Å². The van der Waals surface area contributed by atoms with Crippen molar-refractivity contribution in [2.45, 2.75) is 59.9 Å². The molecular weight excluding hydrogens is 304 g/mol. The van der Waals surface area contributed by atoms with Gasteiger partial charge >= 0.3 is 0 Å². The third kappa shape index (κ3) is 5.08. The smallest absolute Gasteiger partial charge is 0.0217 e. The van der Waals surface area contributed by atoms with Crippen LogP contribution in [0, 0.1) is 17.3 Å². The van der Waals surface area contributed by atoms with Crippen molar-refractivity contribution in [3.8, 4) is 0 Å². The minimum atomic E-state index is 0.343. The molecule has 0 saturated carbocycles. The van der Waals surface area contributed by atoms with Crippen LogP contribution in [0.5, 0.6) is 0 Å². The molecule has 0 radical (unpaired) electrons. The van der Waals surface area contributed by atoms with Crippen LogP contribution in [0.1, 0.15) is 53.9 Å². The summed E-state index contributed by atoms with van der Waals surface area (Å²) < 4.78 is 0. The predicted molar refractivity (Wildman–Crippen MR) is 102 cm³/mol. The van der Waals surface area contributed by atoms with Gasteiger partial charge in [0.05, 0.1) is 0 Å². The third-order valence-corrected chi connectivity index (χ3v) is 5.93. The summed E-state index contributed by atoms with van der Waals surface area (Å²) in [6.07, 6.45) is 7.86. The average Bonchev–Trinajstić information content (AvgIpc) is 2.47. The van der Waals surface area contributed by atoms with E-state index in [0.717, 1.165) is 24.4 Å². The number of nitrogens with zero attached hydrogens (tertiary/aromatic N) is 1. The van der Waals surface area contributed by atoms with Gasteiger partial charge in [0.25, 0.3) is 0 Å². The van der Waals surface area contributed by atoms with Crippen molar-refractivity contribution in [1.82, 2.24) is 10.2 Å². The van der Waals surface area contributed by atoms with Gasteiger partial charge in [0.15, 0.2) is 0 Å². The van der Waals surface area contributed by atoms with E-state index < -0.39 is 0 Å². The molecule has 1 aliphatic carbocycles. The Kier molecular flexibility index (Phi) is 6.77. The van der Waals surface area contributed by atoms with E-state index in [-0.39, 0.29) is 0 Å². The number of hydrogen-bond acceptors (Lipinski definition) is 2. The van der Waals surface area contributed by atoms with Crippen molar-refractivity contribution in [3.05, 3.63) is 22.8 Å². The zero-order valence-electron chi connectivity index (χ0n) is 15.7. The molecule has 2 aliphatic rings. The summed E-state index contributed by atoms with van der Waals surface area (Å²) in [5.41, 5.74) is 1.96. The molecule has 3 heteroatoms. The standard InChI is InChI=1S/C20H35ClN2/c1-6-22-19(15(2)3)13-23-12-11-18(20(4,5)14-23)16-7-9-17(21)10-8-16/h7,9,15,18-19,22H,6,8,10-14H2,1-5H3/t18?,19-/m0/s1. The van der Waals surface area contributed by atoms with Gasteiger partial charge in [-0.25, -0.2) is 0 Å². The molecule has 1 heterocycles. The summed E-state index contributed by atoms with van der Waals surface area (Å²) in [6, 6.07) is 0.600. The van der Waals surface area contributed by atoms with Gasteiger partial charge in [0.2, 0.25) is 0 Å². The first-order chi connectivity index (χ1) is 10.8. The monoisotopic (exact) mass is 338 g/mol. The summed E-state index contributed by atoms with van der Waals surface area (Å²) in [7, 11) is 0. The summed E-state index contributed by atoms with van der Waals surface area (Å²) in [5, 5.41) is 4.67. The number of halogens is 1. The Morgan fingerprint density at radius 1 is 1.30 bits per heavy atom. The van der Waals surface area contributed by atoms with Gasteiger partial charge in [-0.05, 0) is 55.7 Å². The van der Waals surface area contributed by atoms with Crippen molar-refractivity contribution in [2.24, 2.45) is 17.3 Å². The van der Waals surface area contributed by atoms with Crippen LogP contribution in [-0.4, -0.2) is 37.1 Å². The SMILES string of the molecule is CCN[C@@H](CN1CCC(C2=CC=C(Cl)CC2)C(C)(C)C1)C(C)C.